The summed E-state index contributed by atoms with van der Waals surface area (Å²) in [7, 11) is 0. The van der Waals surface area contributed by atoms with E-state index in [1.807, 2.05) is 37.3 Å². The van der Waals surface area contributed by atoms with Gasteiger partial charge in [0, 0.05) is 17.8 Å². The van der Waals surface area contributed by atoms with Gasteiger partial charge < -0.3 is 10.6 Å². The Hall–Kier alpha value is -2.80. The number of benzene rings is 2. The molecule has 4 heteroatoms. The van der Waals surface area contributed by atoms with Crippen LogP contribution in [0.2, 0.25) is 0 Å². The minimum atomic E-state index is -0.271. The molecular weight excluding hydrogens is 262 g/mol. The number of nitrogens with one attached hydrogen (secondary N) is 2. The van der Waals surface area contributed by atoms with Gasteiger partial charge in [0.2, 0.25) is 5.91 Å². The molecule has 0 fully saturated rings. The number of hydrogen-bond donors (Lipinski definition) is 2. The summed E-state index contributed by atoms with van der Waals surface area (Å²) in [5.41, 5.74) is 4.34. The third kappa shape index (κ3) is 2.59. The van der Waals surface area contributed by atoms with E-state index in [1.165, 1.54) is 0 Å². The first-order valence-electron chi connectivity index (χ1n) is 6.83. The van der Waals surface area contributed by atoms with E-state index in [4.69, 9.17) is 5.26 Å². The summed E-state index contributed by atoms with van der Waals surface area (Å²) in [5, 5.41) is 15.1. The van der Waals surface area contributed by atoms with Gasteiger partial charge >= 0.3 is 0 Å². The lowest BCUT2D eigenvalue weighted by atomic mass is 10.1. The molecule has 0 spiro atoms. The van der Waals surface area contributed by atoms with Crippen LogP contribution in [0.5, 0.6) is 0 Å². The second-order valence-corrected chi connectivity index (χ2v) is 5.19. The minimum absolute atomic E-state index is 0.0793. The Bertz CT molecular complexity index is 721. The number of nitrogens with zero attached hydrogens (tertiary/aromatic N) is 1. The van der Waals surface area contributed by atoms with Gasteiger partial charge in [-0.1, -0.05) is 24.3 Å². The van der Waals surface area contributed by atoms with E-state index in [1.54, 1.807) is 12.1 Å². The van der Waals surface area contributed by atoms with E-state index in [0.717, 1.165) is 16.8 Å². The Labute approximate surface area is 123 Å². The highest BCUT2D eigenvalue weighted by atomic mass is 16.2. The van der Waals surface area contributed by atoms with Gasteiger partial charge in [-0.15, -0.1) is 0 Å². The van der Waals surface area contributed by atoms with Crippen molar-refractivity contribution in [3.63, 3.8) is 0 Å². The fourth-order valence-corrected chi connectivity index (χ4v) is 2.50. The first-order chi connectivity index (χ1) is 10.2. The summed E-state index contributed by atoms with van der Waals surface area (Å²) < 4.78 is 0. The van der Waals surface area contributed by atoms with E-state index >= 15 is 0 Å². The summed E-state index contributed by atoms with van der Waals surface area (Å²) in [5.74, 6) is -0.0793. The van der Waals surface area contributed by atoms with Crippen LogP contribution >= 0.6 is 0 Å². The lowest BCUT2D eigenvalue weighted by Gasteiger charge is -2.13. The molecule has 0 unspecified atom stereocenters. The highest BCUT2D eigenvalue weighted by Crippen LogP contribution is 2.26. The van der Waals surface area contributed by atoms with Crippen molar-refractivity contribution in [3.05, 3.63) is 59.2 Å². The van der Waals surface area contributed by atoms with Gasteiger partial charge in [-0.3, -0.25) is 4.79 Å². The highest BCUT2D eigenvalue weighted by molar-refractivity contribution is 5.98. The van der Waals surface area contributed by atoms with Crippen LogP contribution in [0.3, 0.4) is 0 Å². The Balaban J connectivity index is 1.75. The van der Waals surface area contributed by atoms with E-state index in [9.17, 15) is 4.79 Å². The van der Waals surface area contributed by atoms with Crippen LogP contribution in [-0.2, 0) is 11.2 Å². The van der Waals surface area contributed by atoms with Crippen molar-refractivity contribution in [1.82, 2.24) is 0 Å². The molecule has 0 saturated heterocycles. The number of aryl methyl sites for hydroxylation is 1. The number of amides is 1. The maximum Gasteiger partial charge on any atom is 0.247 e. The molecule has 1 aliphatic rings. The van der Waals surface area contributed by atoms with Crippen LogP contribution < -0.4 is 10.6 Å². The Morgan fingerprint density at radius 1 is 1.33 bits per heavy atom. The summed E-state index contributed by atoms with van der Waals surface area (Å²) in [4.78, 5) is 12.4. The highest BCUT2D eigenvalue weighted by Gasteiger charge is 2.26. The number of nitriles is 1. The van der Waals surface area contributed by atoms with Gasteiger partial charge in [0.25, 0.3) is 0 Å². The fourth-order valence-electron chi connectivity index (χ4n) is 2.50. The quantitative estimate of drug-likeness (QED) is 0.887. The van der Waals surface area contributed by atoms with Gasteiger partial charge in [0.15, 0.2) is 0 Å². The number of hydrogen-bond acceptors (Lipinski definition) is 3. The zero-order valence-corrected chi connectivity index (χ0v) is 11.7. The lowest BCUT2D eigenvalue weighted by Crippen LogP contribution is -2.33. The van der Waals surface area contributed by atoms with Crippen LogP contribution in [-0.4, -0.2) is 11.9 Å². The second-order valence-electron chi connectivity index (χ2n) is 5.19. The molecule has 2 N–H and O–H groups in total. The summed E-state index contributed by atoms with van der Waals surface area (Å²) in [6, 6.07) is 15.0. The molecule has 1 heterocycles. The molecule has 4 nitrogen and oxygen atoms in total. The number of carbonyl (C=O) groups is 1. The van der Waals surface area contributed by atoms with E-state index in [2.05, 4.69) is 16.7 Å². The monoisotopic (exact) mass is 277 g/mol. The molecule has 21 heavy (non-hydrogen) atoms. The molecule has 2 aromatic carbocycles. The number of carbonyl (C=O) groups excluding carboxylic acids is 1. The Morgan fingerprint density at radius 2 is 2.14 bits per heavy atom. The van der Waals surface area contributed by atoms with Crippen molar-refractivity contribution in [2.75, 3.05) is 10.6 Å². The molecule has 0 aromatic heterocycles. The van der Waals surface area contributed by atoms with Gasteiger partial charge in [-0.05, 0) is 36.2 Å². The van der Waals surface area contributed by atoms with Crippen molar-refractivity contribution in [2.45, 2.75) is 19.4 Å². The first kappa shape index (κ1) is 13.2. The largest absolute Gasteiger partial charge is 0.373 e. The molecular formula is C17H15N3O. The van der Waals surface area contributed by atoms with E-state index in [-0.39, 0.29) is 11.9 Å². The number of anilines is 2. The van der Waals surface area contributed by atoms with Crippen LogP contribution in [0.15, 0.2) is 42.5 Å². The molecule has 3 rings (SSSR count). The molecule has 0 radical (unpaired) electrons. The van der Waals surface area contributed by atoms with E-state index in [0.29, 0.717) is 17.7 Å². The number of fused-ring (bicyclic) bond motifs is 1. The zero-order valence-electron chi connectivity index (χ0n) is 11.7. The topological polar surface area (TPSA) is 64.9 Å². The van der Waals surface area contributed by atoms with Crippen molar-refractivity contribution in [1.29, 1.82) is 5.26 Å². The molecule has 104 valence electrons. The third-order valence-corrected chi connectivity index (χ3v) is 3.71. The zero-order chi connectivity index (χ0) is 14.8. The van der Waals surface area contributed by atoms with Crippen molar-refractivity contribution < 1.29 is 4.79 Å². The summed E-state index contributed by atoms with van der Waals surface area (Å²) in [6.07, 6.45) is 0.680. The SMILES string of the molecule is Cc1ccc(C#N)cc1NC(=O)[C@@H]1Cc2ccccc2N1. The van der Waals surface area contributed by atoms with Gasteiger partial charge in [-0.25, -0.2) is 0 Å². The normalized spacial score (nSPS) is 15.7. The molecule has 1 aliphatic heterocycles. The molecule has 2 aromatic rings. The van der Waals surface area contributed by atoms with Crippen molar-refractivity contribution >= 4 is 17.3 Å². The summed E-state index contributed by atoms with van der Waals surface area (Å²) in [6.45, 7) is 1.91. The maximum atomic E-state index is 12.4. The molecule has 0 aliphatic carbocycles. The molecule has 0 bridgehead atoms. The average molecular weight is 277 g/mol. The number of rotatable bonds is 2. The maximum absolute atomic E-state index is 12.4. The van der Waals surface area contributed by atoms with Crippen molar-refractivity contribution in [3.8, 4) is 6.07 Å². The minimum Gasteiger partial charge on any atom is -0.373 e. The van der Waals surface area contributed by atoms with Crippen LogP contribution in [0.1, 0.15) is 16.7 Å². The third-order valence-electron chi connectivity index (χ3n) is 3.71. The smallest absolute Gasteiger partial charge is 0.247 e. The predicted molar refractivity (Wildman–Crippen MR) is 82.1 cm³/mol. The van der Waals surface area contributed by atoms with Crippen molar-refractivity contribution in [2.24, 2.45) is 0 Å². The van der Waals surface area contributed by atoms with E-state index < -0.39 is 0 Å². The van der Waals surface area contributed by atoms with Gasteiger partial charge in [-0.2, -0.15) is 5.26 Å². The van der Waals surface area contributed by atoms with Crippen LogP contribution in [0, 0.1) is 18.3 Å². The molecule has 1 atom stereocenters. The van der Waals surface area contributed by atoms with Gasteiger partial charge in [0.1, 0.15) is 6.04 Å². The average Bonchev–Trinajstić information content (AvgIpc) is 2.93. The standard InChI is InChI=1S/C17H15N3O/c1-11-6-7-12(10-18)8-15(11)20-17(21)16-9-13-4-2-3-5-14(13)19-16/h2-8,16,19H,9H2,1H3,(H,20,21)/t16-/m0/s1. The molecule has 1 amide bonds. The van der Waals surface area contributed by atoms with Gasteiger partial charge in [0.05, 0.1) is 11.6 Å². The van der Waals surface area contributed by atoms with Crippen LogP contribution in [0.4, 0.5) is 11.4 Å². The Kier molecular flexibility index (Phi) is 3.33. The fraction of sp³-hybridized carbons (Fsp3) is 0.176. The number of para-hydroxylation sites is 1. The summed E-state index contributed by atoms with van der Waals surface area (Å²) >= 11 is 0. The Morgan fingerprint density at radius 3 is 2.90 bits per heavy atom. The predicted octanol–water partition coefficient (Wildman–Crippen LogP) is 2.84. The first-order valence-corrected chi connectivity index (χ1v) is 6.83. The van der Waals surface area contributed by atoms with Crippen LogP contribution in [0.25, 0.3) is 0 Å². The molecule has 0 saturated carbocycles. The second kappa shape index (κ2) is 5.29. The lowest BCUT2D eigenvalue weighted by molar-refractivity contribution is -0.116.